The van der Waals surface area contributed by atoms with E-state index in [0.29, 0.717) is 5.56 Å². The molecule has 0 unspecified atom stereocenters. The van der Waals surface area contributed by atoms with E-state index in [1.165, 1.54) is 24.5 Å². The minimum absolute atomic E-state index is 0.209. The average molecular weight is 375 g/mol. The Labute approximate surface area is 145 Å². The van der Waals surface area contributed by atoms with E-state index in [4.69, 9.17) is 0 Å². The zero-order chi connectivity index (χ0) is 16.2. The third kappa shape index (κ3) is 3.84. The van der Waals surface area contributed by atoms with Gasteiger partial charge in [0, 0.05) is 10.0 Å². The lowest BCUT2D eigenvalue weighted by Gasteiger charge is -2.16. The van der Waals surface area contributed by atoms with Crippen LogP contribution in [0.4, 0.5) is 4.39 Å². The highest BCUT2D eigenvalue weighted by Crippen LogP contribution is 2.36. The second-order valence-electron chi connectivity index (χ2n) is 6.06. The van der Waals surface area contributed by atoms with Crippen molar-refractivity contribution in [2.24, 2.45) is 0 Å². The topological polar surface area (TPSA) is 20.2 Å². The van der Waals surface area contributed by atoms with Crippen molar-refractivity contribution in [2.45, 2.75) is 38.5 Å². The first kappa shape index (κ1) is 16.3. The van der Waals surface area contributed by atoms with Crippen molar-refractivity contribution in [1.29, 1.82) is 0 Å². The van der Waals surface area contributed by atoms with E-state index >= 15 is 0 Å². The summed E-state index contributed by atoms with van der Waals surface area (Å²) < 4.78 is 15.4. The van der Waals surface area contributed by atoms with Crippen molar-refractivity contribution < 1.29 is 9.50 Å². The van der Waals surface area contributed by atoms with Gasteiger partial charge in [-0.05, 0) is 61.1 Å². The van der Waals surface area contributed by atoms with Crippen molar-refractivity contribution in [3.05, 3.63) is 69.5 Å². The molecule has 23 heavy (non-hydrogen) atoms. The van der Waals surface area contributed by atoms with Gasteiger partial charge in [0.15, 0.2) is 0 Å². The third-order valence-electron chi connectivity index (χ3n) is 4.42. The van der Waals surface area contributed by atoms with Crippen molar-refractivity contribution in [2.75, 3.05) is 0 Å². The van der Waals surface area contributed by atoms with E-state index in [0.717, 1.165) is 41.3 Å². The second kappa shape index (κ2) is 7.31. The summed E-state index contributed by atoms with van der Waals surface area (Å²) in [6.07, 6.45) is 6.85. The van der Waals surface area contributed by atoms with Gasteiger partial charge >= 0.3 is 0 Å². The maximum Gasteiger partial charge on any atom is 0.132 e. The number of phenolic OH excluding ortho intramolecular Hbond substituents is 1. The predicted molar refractivity (Wildman–Crippen MR) is 95.9 cm³/mol. The van der Waals surface area contributed by atoms with Crippen LogP contribution in [-0.2, 0) is 0 Å². The van der Waals surface area contributed by atoms with Crippen LogP contribution in [0.5, 0.6) is 5.75 Å². The number of aromatic hydroxyl groups is 1. The molecule has 1 aliphatic carbocycles. The number of phenols is 1. The smallest absolute Gasteiger partial charge is 0.132 e. The fourth-order valence-corrected chi connectivity index (χ4v) is 3.61. The number of rotatable bonds is 2. The van der Waals surface area contributed by atoms with E-state index < -0.39 is 0 Å². The molecule has 0 saturated heterocycles. The number of hydrogen-bond acceptors (Lipinski definition) is 1. The minimum Gasteiger partial charge on any atom is -0.508 e. The van der Waals surface area contributed by atoms with Gasteiger partial charge < -0.3 is 5.11 Å². The molecule has 1 nitrogen and oxygen atoms in total. The molecular formula is C20H20BrFO. The van der Waals surface area contributed by atoms with Crippen LogP contribution in [0, 0.1) is 5.82 Å². The summed E-state index contributed by atoms with van der Waals surface area (Å²) in [5, 5.41) is 9.56. The summed E-state index contributed by atoms with van der Waals surface area (Å²) in [6, 6.07) is 12.4. The summed E-state index contributed by atoms with van der Waals surface area (Å²) in [5.74, 6) is 0.0226. The Balaban J connectivity index is 2.16. The Morgan fingerprint density at radius 3 is 2.17 bits per heavy atom. The van der Waals surface area contributed by atoms with Gasteiger partial charge in [-0.1, -0.05) is 52.5 Å². The SMILES string of the molecule is Oc1ccc(C(=C2CCCCCC2)c2ccc(Br)cc2F)cc1. The van der Waals surface area contributed by atoms with Gasteiger partial charge in [-0.3, -0.25) is 0 Å². The van der Waals surface area contributed by atoms with Crippen LogP contribution < -0.4 is 0 Å². The van der Waals surface area contributed by atoms with Gasteiger partial charge in [-0.2, -0.15) is 0 Å². The van der Waals surface area contributed by atoms with Gasteiger partial charge in [-0.25, -0.2) is 4.39 Å². The fraction of sp³-hybridized carbons (Fsp3) is 0.300. The highest BCUT2D eigenvalue weighted by atomic mass is 79.9. The fourth-order valence-electron chi connectivity index (χ4n) is 3.28. The maximum absolute atomic E-state index is 14.6. The number of allylic oxidation sites excluding steroid dienone is 1. The average Bonchev–Trinajstić information content (AvgIpc) is 2.81. The molecule has 0 aromatic heterocycles. The first-order chi connectivity index (χ1) is 11.1. The number of halogens is 2. The van der Waals surface area contributed by atoms with E-state index in [-0.39, 0.29) is 11.6 Å². The highest BCUT2D eigenvalue weighted by molar-refractivity contribution is 9.10. The molecular weight excluding hydrogens is 355 g/mol. The van der Waals surface area contributed by atoms with Crippen LogP contribution >= 0.6 is 15.9 Å². The van der Waals surface area contributed by atoms with E-state index in [9.17, 15) is 9.50 Å². The lowest BCUT2D eigenvalue weighted by atomic mass is 9.89. The van der Waals surface area contributed by atoms with Crippen molar-refractivity contribution in [3.63, 3.8) is 0 Å². The second-order valence-corrected chi connectivity index (χ2v) is 6.98. The molecule has 0 amide bonds. The van der Waals surface area contributed by atoms with E-state index in [2.05, 4.69) is 15.9 Å². The van der Waals surface area contributed by atoms with Gasteiger partial charge in [-0.15, -0.1) is 0 Å². The molecule has 120 valence electrons. The number of benzene rings is 2. The zero-order valence-corrected chi connectivity index (χ0v) is 14.6. The largest absolute Gasteiger partial charge is 0.508 e. The molecule has 0 heterocycles. The normalized spacial score (nSPS) is 15.3. The Bertz CT molecular complexity index is 709. The van der Waals surface area contributed by atoms with E-state index in [1.54, 1.807) is 12.1 Å². The summed E-state index contributed by atoms with van der Waals surface area (Å²) >= 11 is 3.33. The molecule has 3 heteroatoms. The molecule has 1 aliphatic rings. The molecule has 1 fully saturated rings. The molecule has 0 radical (unpaired) electrons. The monoisotopic (exact) mass is 374 g/mol. The summed E-state index contributed by atoms with van der Waals surface area (Å²) in [7, 11) is 0. The Morgan fingerprint density at radius 1 is 0.913 bits per heavy atom. The standard InChI is InChI=1S/C20H20BrFO/c21-16-9-12-18(19(22)13-16)20(14-5-3-1-2-4-6-14)15-7-10-17(23)11-8-15/h7-13,23H,1-6H2. The summed E-state index contributed by atoms with van der Waals surface area (Å²) in [4.78, 5) is 0. The Kier molecular flexibility index (Phi) is 5.16. The molecule has 0 aliphatic heterocycles. The molecule has 2 aromatic carbocycles. The zero-order valence-electron chi connectivity index (χ0n) is 13.0. The molecule has 0 atom stereocenters. The van der Waals surface area contributed by atoms with Crippen LogP contribution in [0.15, 0.2) is 52.5 Å². The van der Waals surface area contributed by atoms with Gasteiger partial charge in [0.25, 0.3) is 0 Å². The van der Waals surface area contributed by atoms with Crippen LogP contribution in [-0.4, -0.2) is 5.11 Å². The summed E-state index contributed by atoms with van der Waals surface area (Å²) in [5.41, 5.74) is 3.95. The van der Waals surface area contributed by atoms with Crippen LogP contribution in [0.3, 0.4) is 0 Å². The van der Waals surface area contributed by atoms with Crippen molar-refractivity contribution in [3.8, 4) is 5.75 Å². The Morgan fingerprint density at radius 2 is 1.57 bits per heavy atom. The predicted octanol–water partition coefficient (Wildman–Crippen LogP) is 6.45. The van der Waals surface area contributed by atoms with Crippen LogP contribution in [0.25, 0.3) is 5.57 Å². The van der Waals surface area contributed by atoms with Gasteiger partial charge in [0.05, 0.1) is 0 Å². The Hall–Kier alpha value is -1.61. The molecule has 3 rings (SSSR count). The molecule has 1 saturated carbocycles. The van der Waals surface area contributed by atoms with Crippen molar-refractivity contribution >= 4 is 21.5 Å². The molecule has 1 N–H and O–H groups in total. The highest BCUT2D eigenvalue weighted by Gasteiger charge is 2.17. The third-order valence-corrected chi connectivity index (χ3v) is 4.91. The lowest BCUT2D eigenvalue weighted by Crippen LogP contribution is -1.98. The van der Waals surface area contributed by atoms with Gasteiger partial charge in [0.1, 0.15) is 11.6 Å². The summed E-state index contributed by atoms with van der Waals surface area (Å²) in [6.45, 7) is 0. The first-order valence-corrected chi connectivity index (χ1v) is 8.91. The molecule has 0 spiro atoms. The molecule has 2 aromatic rings. The number of hydrogen-bond donors (Lipinski definition) is 1. The van der Waals surface area contributed by atoms with Gasteiger partial charge in [0.2, 0.25) is 0 Å². The minimum atomic E-state index is -0.209. The van der Waals surface area contributed by atoms with E-state index in [1.807, 2.05) is 24.3 Å². The maximum atomic E-state index is 14.6. The quantitative estimate of drug-likeness (QED) is 0.598. The first-order valence-electron chi connectivity index (χ1n) is 8.12. The van der Waals surface area contributed by atoms with Crippen LogP contribution in [0.1, 0.15) is 49.7 Å². The molecule has 0 bridgehead atoms. The lowest BCUT2D eigenvalue weighted by molar-refractivity contribution is 0.475. The van der Waals surface area contributed by atoms with Crippen LogP contribution in [0.2, 0.25) is 0 Å². The van der Waals surface area contributed by atoms with Crippen molar-refractivity contribution in [1.82, 2.24) is 0 Å².